The van der Waals surface area contributed by atoms with Crippen LogP contribution in [0, 0.1) is 0 Å². The number of fused-ring (bicyclic) bond motifs is 1. The van der Waals surface area contributed by atoms with Gasteiger partial charge >= 0.3 is 0 Å². The van der Waals surface area contributed by atoms with Gasteiger partial charge < -0.3 is 0 Å². The van der Waals surface area contributed by atoms with Crippen molar-refractivity contribution in [2.75, 3.05) is 6.26 Å². The van der Waals surface area contributed by atoms with E-state index in [1.54, 1.807) is 11.8 Å². The zero-order valence-corrected chi connectivity index (χ0v) is 10.7. The van der Waals surface area contributed by atoms with Crippen LogP contribution in [-0.2, 0) is 6.42 Å². The van der Waals surface area contributed by atoms with Crippen molar-refractivity contribution in [3.05, 3.63) is 23.1 Å². The van der Waals surface area contributed by atoms with Gasteiger partial charge in [0.15, 0.2) is 0 Å². The Hall–Kier alpha value is -0.120. The van der Waals surface area contributed by atoms with Crippen molar-refractivity contribution in [2.24, 2.45) is 0 Å². The Bertz CT molecular complexity index is 457. The van der Waals surface area contributed by atoms with Gasteiger partial charge in [-0.15, -0.1) is 35.7 Å². The molecule has 0 saturated heterocycles. The van der Waals surface area contributed by atoms with E-state index < -0.39 is 0 Å². The number of thioether (sulfide) groups is 1. The van der Waals surface area contributed by atoms with E-state index in [9.17, 15) is 0 Å². The first-order chi connectivity index (χ1) is 6.77. The predicted octanol–water partition coefficient (Wildman–Crippen LogP) is 4.47. The summed E-state index contributed by atoms with van der Waals surface area (Å²) in [6.07, 6.45) is 3.16. The average molecular weight is 240 g/mol. The molecule has 0 amide bonds. The van der Waals surface area contributed by atoms with Crippen molar-refractivity contribution in [1.82, 2.24) is 0 Å². The molecule has 0 aliphatic carbocycles. The molecule has 3 heteroatoms. The fraction of sp³-hybridized carbons (Fsp3) is 0.273. The molecule has 0 N–H and O–H groups in total. The Morgan fingerprint density at radius 2 is 2.29 bits per heavy atom. The van der Waals surface area contributed by atoms with Gasteiger partial charge in [0.1, 0.15) is 0 Å². The Labute approximate surface area is 98.1 Å². The Kier molecular flexibility index (Phi) is 3.10. The van der Waals surface area contributed by atoms with Crippen molar-refractivity contribution in [1.29, 1.82) is 0 Å². The molecule has 0 spiro atoms. The van der Waals surface area contributed by atoms with Crippen LogP contribution in [0.15, 0.2) is 27.3 Å². The largest absolute Gasteiger partial charge is 0.144 e. The molecule has 1 heterocycles. The van der Waals surface area contributed by atoms with E-state index in [0.29, 0.717) is 0 Å². The number of aryl methyl sites for hydroxylation is 1. The fourth-order valence-corrected chi connectivity index (χ4v) is 3.76. The second-order valence-corrected chi connectivity index (χ2v) is 5.33. The maximum Gasteiger partial charge on any atom is 0.0357 e. The zero-order chi connectivity index (χ0) is 10.1. The molecule has 1 aromatic carbocycles. The van der Waals surface area contributed by atoms with Crippen LogP contribution in [-0.4, -0.2) is 6.26 Å². The predicted molar refractivity (Wildman–Crippen MR) is 70.2 cm³/mol. The highest BCUT2D eigenvalue weighted by atomic mass is 32.2. The standard InChI is InChI=1S/C11H12S3/c1-3-7-8-4-5-14-9(8)6-10(13-2)11(7)12/h4-6,12H,3H2,1-2H3. The topological polar surface area (TPSA) is 0 Å². The monoisotopic (exact) mass is 240 g/mol. The number of hydrogen-bond donors (Lipinski definition) is 1. The third-order valence-corrected chi connectivity index (χ3v) is 4.66. The van der Waals surface area contributed by atoms with Gasteiger partial charge in [0.05, 0.1) is 0 Å². The van der Waals surface area contributed by atoms with Gasteiger partial charge in [0.2, 0.25) is 0 Å². The lowest BCUT2D eigenvalue weighted by molar-refractivity contribution is 1.07. The highest BCUT2D eigenvalue weighted by Gasteiger charge is 2.09. The summed E-state index contributed by atoms with van der Waals surface area (Å²) in [4.78, 5) is 2.45. The van der Waals surface area contributed by atoms with Crippen LogP contribution in [0.25, 0.3) is 10.1 Å². The zero-order valence-electron chi connectivity index (χ0n) is 8.20. The van der Waals surface area contributed by atoms with Crippen molar-refractivity contribution in [2.45, 2.75) is 23.1 Å². The SMILES string of the molecule is CCc1c(S)c(SC)cc2sccc12. The van der Waals surface area contributed by atoms with E-state index in [1.165, 1.54) is 20.5 Å². The second kappa shape index (κ2) is 4.17. The number of rotatable bonds is 2. The Morgan fingerprint density at radius 1 is 1.50 bits per heavy atom. The molecule has 2 aromatic rings. The first-order valence-electron chi connectivity index (χ1n) is 4.54. The molecule has 74 valence electrons. The van der Waals surface area contributed by atoms with E-state index in [1.807, 2.05) is 11.3 Å². The normalized spacial score (nSPS) is 11.1. The fourth-order valence-electron chi connectivity index (χ4n) is 1.66. The summed E-state index contributed by atoms with van der Waals surface area (Å²) in [5, 5.41) is 3.53. The molecule has 0 saturated carbocycles. The van der Waals surface area contributed by atoms with Crippen LogP contribution in [0.5, 0.6) is 0 Å². The third-order valence-electron chi connectivity index (χ3n) is 2.38. The van der Waals surface area contributed by atoms with E-state index in [0.717, 1.165) is 11.3 Å². The molecular formula is C11H12S3. The van der Waals surface area contributed by atoms with Crippen molar-refractivity contribution in [3.8, 4) is 0 Å². The van der Waals surface area contributed by atoms with E-state index in [-0.39, 0.29) is 0 Å². The summed E-state index contributed by atoms with van der Waals surface area (Å²) >= 11 is 8.19. The van der Waals surface area contributed by atoms with Gasteiger partial charge in [0, 0.05) is 14.5 Å². The maximum absolute atomic E-state index is 4.61. The van der Waals surface area contributed by atoms with Gasteiger partial charge in [0.25, 0.3) is 0 Å². The molecule has 0 nitrogen and oxygen atoms in total. The summed E-state index contributed by atoms with van der Waals surface area (Å²) in [5.41, 5.74) is 1.39. The smallest absolute Gasteiger partial charge is 0.0357 e. The van der Waals surface area contributed by atoms with E-state index in [2.05, 4.69) is 43.3 Å². The van der Waals surface area contributed by atoms with Crippen LogP contribution in [0.1, 0.15) is 12.5 Å². The first-order valence-corrected chi connectivity index (χ1v) is 7.09. The van der Waals surface area contributed by atoms with Gasteiger partial charge in [-0.2, -0.15) is 0 Å². The number of thiophene rings is 1. The molecule has 0 bridgehead atoms. The summed E-state index contributed by atoms with van der Waals surface area (Å²) in [7, 11) is 0. The lowest BCUT2D eigenvalue weighted by atomic mass is 10.1. The first kappa shape index (κ1) is 10.4. The Morgan fingerprint density at radius 3 is 2.93 bits per heavy atom. The summed E-state index contributed by atoms with van der Waals surface area (Å²) in [6, 6.07) is 4.44. The van der Waals surface area contributed by atoms with Gasteiger partial charge in [-0.25, -0.2) is 0 Å². The molecule has 0 atom stereocenters. The molecular weight excluding hydrogens is 228 g/mol. The summed E-state index contributed by atoms with van der Waals surface area (Å²) in [5.74, 6) is 0. The molecule has 14 heavy (non-hydrogen) atoms. The highest BCUT2D eigenvalue weighted by molar-refractivity contribution is 7.99. The van der Waals surface area contributed by atoms with E-state index in [4.69, 9.17) is 0 Å². The molecule has 0 aliphatic rings. The number of hydrogen-bond acceptors (Lipinski definition) is 3. The second-order valence-electron chi connectivity index (χ2n) is 3.09. The van der Waals surface area contributed by atoms with Crippen LogP contribution in [0.2, 0.25) is 0 Å². The molecule has 0 unspecified atom stereocenters. The summed E-state index contributed by atoms with van der Waals surface area (Å²) in [6.45, 7) is 2.19. The van der Waals surface area contributed by atoms with Crippen LogP contribution in [0.4, 0.5) is 0 Å². The highest BCUT2D eigenvalue weighted by Crippen LogP contribution is 2.36. The quantitative estimate of drug-likeness (QED) is 0.597. The minimum absolute atomic E-state index is 1.06. The minimum atomic E-state index is 1.06. The third kappa shape index (κ3) is 1.58. The van der Waals surface area contributed by atoms with Crippen molar-refractivity contribution >= 4 is 45.8 Å². The molecule has 2 rings (SSSR count). The van der Waals surface area contributed by atoms with Gasteiger partial charge in [-0.05, 0) is 41.1 Å². The number of thiol groups is 1. The molecule has 0 fully saturated rings. The van der Waals surface area contributed by atoms with E-state index >= 15 is 0 Å². The number of benzene rings is 1. The summed E-state index contributed by atoms with van der Waals surface area (Å²) < 4.78 is 1.38. The van der Waals surface area contributed by atoms with Gasteiger partial charge in [-0.3, -0.25) is 0 Å². The lowest BCUT2D eigenvalue weighted by Gasteiger charge is -2.08. The van der Waals surface area contributed by atoms with Crippen molar-refractivity contribution < 1.29 is 0 Å². The van der Waals surface area contributed by atoms with Crippen LogP contribution in [0.3, 0.4) is 0 Å². The maximum atomic E-state index is 4.61. The lowest BCUT2D eigenvalue weighted by Crippen LogP contribution is -1.86. The van der Waals surface area contributed by atoms with Crippen molar-refractivity contribution in [3.63, 3.8) is 0 Å². The minimum Gasteiger partial charge on any atom is -0.144 e. The van der Waals surface area contributed by atoms with Crippen LogP contribution < -0.4 is 0 Å². The molecule has 0 aliphatic heterocycles. The van der Waals surface area contributed by atoms with Crippen LogP contribution >= 0.6 is 35.7 Å². The Balaban J connectivity index is 2.80. The molecule has 1 aromatic heterocycles. The van der Waals surface area contributed by atoms with Gasteiger partial charge in [-0.1, -0.05) is 6.92 Å². The molecule has 0 radical (unpaired) electrons. The average Bonchev–Trinajstić information content (AvgIpc) is 2.64.